The zero-order chi connectivity index (χ0) is 16.8. The van der Waals surface area contributed by atoms with Crippen molar-refractivity contribution in [3.63, 3.8) is 0 Å². The molecule has 0 spiro atoms. The maximum atomic E-state index is 12.3. The molecule has 1 aliphatic heterocycles. The number of hydrogen-bond acceptors (Lipinski definition) is 4. The van der Waals surface area contributed by atoms with Gasteiger partial charge in [-0.2, -0.15) is 0 Å². The van der Waals surface area contributed by atoms with Gasteiger partial charge in [0.1, 0.15) is 0 Å². The van der Waals surface area contributed by atoms with Crippen molar-refractivity contribution in [2.75, 3.05) is 27.3 Å². The van der Waals surface area contributed by atoms with Crippen molar-refractivity contribution < 1.29 is 24.2 Å². The molecule has 2 rings (SSSR count). The highest BCUT2D eigenvalue weighted by molar-refractivity contribution is 5.96. The van der Waals surface area contributed by atoms with Gasteiger partial charge in [0.25, 0.3) is 0 Å². The predicted octanol–water partition coefficient (Wildman–Crippen LogP) is 3.06. The molecule has 0 bridgehead atoms. The quantitative estimate of drug-likeness (QED) is 0.815. The standard InChI is InChI=1S/C17H23NO5/c1-22-15-6-4-13(11-16(15)23-2)14(19)5-3-12-7-9-18(10-8-12)17(20)21/h4,6,11-12H,3,5,7-10H2,1-2H3,(H,20,21). The molecule has 126 valence electrons. The predicted molar refractivity (Wildman–Crippen MR) is 85.4 cm³/mol. The molecule has 1 N–H and O–H groups in total. The van der Waals surface area contributed by atoms with Gasteiger partial charge < -0.3 is 19.5 Å². The fourth-order valence-corrected chi connectivity index (χ4v) is 2.90. The smallest absolute Gasteiger partial charge is 0.407 e. The van der Waals surface area contributed by atoms with Gasteiger partial charge in [0.15, 0.2) is 17.3 Å². The van der Waals surface area contributed by atoms with E-state index in [0.717, 1.165) is 19.3 Å². The third-order valence-electron chi connectivity index (χ3n) is 4.37. The van der Waals surface area contributed by atoms with E-state index in [0.29, 0.717) is 42.5 Å². The molecule has 1 saturated heterocycles. The van der Waals surface area contributed by atoms with Crippen LogP contribution < -0.4 is 9.47 Å². The Kier molecular flexibility index (Phi) is 5.84. The molecule has 1 aromatic rings. The molecule has 6 nitrogen and oxygen atoms in total. The van der Waals surface area contributed by atoms with Gasteiger partial charge in [-0.15, -0.1) is 0 Å². The Hall–Kier alpha value is -2.24. The lowest BCUT2D eigenvalue weighted by atomic mass is 9.90. The second-order valence-electron chi connectivity index (χ2n) is 5.74. The summed E-state index contributed by atoms with van der Waals surface area (Å²) in [5.41, 5.74) is 0.616. The van der Waals surface area contributed by atoms with E-state index in [1.54, 1.807) is 32.4 Å². The lowest BCUT2D eigenvalue weighted by Crippen LogP contribution is -2.37. The van der Waals surface area contributed by atoms with Gasteiger partial charge in [-0.1, -0.05) is 0 Å². The summed E-state index contributed by atoms with van der Waals surface area (Å²) in [6.45, 7) is 1.12. The Bertz CT molecular complexity index is 564. The molecule has 1 amide bonds. The van der Waals surface area contributed by atoms with Gasteiger partial charge in [0.05, 0.1) is 14.2 Å². The van der Waals surface area contributed by atoms with E-state index in [1.165, 1.54) is 4.90 Å². The lowest BCUT2D eigenvalue weighted by molar-refractivity contribution is 0.0953. The first kappa shape index (κ1) is 17.1. The summed E-state index contributed by atoms with van der Waals surface area (Å²) in [4.78, 5) is 24.6. The molecule has 1 fully saturated rings. The molecule has 6 heteroatoms. The maximum absolute atomic E-state index is 12.3. The van der Waals surface area contributed by atoms with Crippen molar-refractivity contribution >= 4 is 11.9 Å². The largest absolute Gasteiger partial charge is 0.493 e. The Balaban J connectivity index is 1.87. The SMILES string of the molecule is COc1ccc(C(=O)CCC2CCN(C(=O)O)CC2)cc1OC. The summed E-state index contributed by atoms with van der Waals surface area (Å²) >= 11 is 0. The first-order valence-electron chi connectivity index (χ1n) is 7.78. The van der Waals surface area contributed by atoms with E-state index >= 15 is 0 Å². The minimum atomic E-state index is -0.857. The highest BCUT2D eigenvalue weighted by Crippen LogP contribution is 2.29. The van der Waals surface area contributed by atoms with Crippen LogP contribution in [0.4, 0.5) is 4.79 Å². The van der Waals surface area contributed by atoms with Crippen LogP contribution in [0, 0.1) is 5.92 Å². The first-order valence-corrected chi connectivity index (χ1v) is 7.78. The van der Waals surface area contributed by atoms with Gasteiger partial charge in [0.2, 0.25) is 0 Å². The number of carbonyl (C=O) groups excluding carboxylic acids is 1. The highest BCUT2D eigenvalue weighted by Gasteiger charge is 2.23. The van der Waals surface area contributed by atoms with Crippen LogP contribution in [0.3, 0.4) is 0 Å². The fraction of sp³-hybridized carbons (Fsp3) is 0.529. The van der Waals surface area contributed by atoms with Crippen molar-refractivity contribution in [2.24, 2.45) is 5.92 Å². The Morgan fingerprint density at radius 3 is 2.39 bits per heavy atom. The first-order chi connectivity index (χ1) is 11.0. The van der Waals surface area contributed by atoms with Gasteiger partial charge in [-0.3, -0.25) is 4.79 Å². The van der Waals surface area contributed by atoms with Crippen LogP contribution >= 0.6 is 0 Å². The Morgan fingerprint density at radius 2 is 1.83 bits per heavy atom. The molecule has 0 aromatic heterocycles. The summed E-state index contributed by atoms with van der Waals surface area (Å²) in [6.07, 6.45) is 2.05. The lowest BCUT2D eigenvalue weighted by Gasteiger charge is -2.29. The van der Waals surface area contributed by atoms with Crippen molar-refractivity contribution in [1.29, 1.82) is 0 Å². The third kappa shape index (κ3) is 4.37. The number of benzene rings is 1. The number of methoxy groups -OCH3 is 2. The molecule has 1 aromatic carbocycles. The molecule has 23 heavy (non-hydrogen) atoms. The normalized spacial score (nSPS) is 15.3. The monoisotopic (exact) mass is 321 g/mol. The van der Waals surface area contributed by atoms with Crippen LogP contribution in [0.2, 0.25) is 0 Å². The molecule has 0 saturated carbocycles. The van der Waals surface area contributed by atoms with Gasteiger partial charge >= 0.3 is 6.09 Å². The second kappa shape index (κ2) is 7.85. The Morgan fingerprint density at radius 1 is 1.17 bits per heavy atom. The van der Waals surface area contributed by atoms with Crippen molar-refractivity contribution in [3.8, 4) is 11.5 Å². The molecule has 0 unspecified atom stereocenters. The van der Waals surface area contributed by atoms with Crippen LogP contribution in [0.15, 0.2) is 18.2 Å². The van der Waals surface area contributed by atoms with Crippen LogP contribution in [-0.2, 0) is 0 Å². The van der Waals surface area contributed by atoms with Gasteiger partial charge in [0, 0.05) is 25.1 Å². The minimum Gasteiger partial charge on any atom is -0.493 e. The number of Topliss-reactive ketones (excluding diaryl/α,β-unsaturated/α-hetero) is 1. The number of carboxylic acid groups (broad SMARTS) is 1. The number of carbonyl (C=O) groups is 2. The molecule has 0 aliphatic carbocycles. The number of rotatable bonds is 6. The van der Waals surface area contributed by atoms with Crippen molar-refractivity contribution in [1.82, 2.24) is 4.90 Å². The maximum Gasteiger partial charge on any atom is 0.407 e. The number of nitrogens with zero attached hydrogens (tertiary/aromatic N) is 1. The average Bonchev–Trinajstić information content (AvgIpc) is 2.59. The summed E-state index contributed by atoms with van der Waals surface area (Å²) in [5.74, 6) is 1.64. The molecule has 1 heterocycles. The average molecular weight is 321 g/mol. The Labute approximate surface area is 136 Å². The minimum absolute atomic E-state index is 0.0756. The summed E-state index contributed by atoms with van der Waals surface area (Å²) in [5, 5.41) is 8.93. The zero-order valence-corrected chi connectivity index (χ0v) is 13.6. The summed E-state index contributed by atoms with van der Waals surface area (Å²) < 4.78 is 10.4. The van der Waals surface area contributed by atoms with E-state index < -0.39 is 6.09 Å². The van der Waals surface area contributed by atoms with Gasteiger partial charge in [-0.05, 0) is 43.4 Å². The number of hydrogen-bond donors (Lipinski definition) is 1. The topological polar surface area (TPSA) is 76.1 Å². The van der Waals surface area contributed by atoms with E-state index in [1.807, 2.05) is 0 Å². The number of likely N-dealkylation sites (tertiary alicyclic amines) is 1. The molecule has 0 radical (unpaired) electrons. The number of ketones is 1. The van der Waals surface area contributed by atoms with E-state index in [2.05, 4.69) is 0 Å². The summed E-state index contributed by atoms with van der Waals surface area (Å²) in [6, 6.07) is 5.18. The molecule has 0 atom stereocenters. The second-order valence-corrected chi connectivity index (χ2v) is 5.74. The number of ether oxygens (including phenoxy) is 2. The number of piperidine rings is 1. The highest BCUT2D eigenvalue weighted by atomic mass is 16.5. The van der Waals surface area contributed by atoms with Crippen LogP contribution in [-0.4, -0.2) is 49.2 Å². The van der Waals surface area contributed by atoms with Crippen molar-refractivity contribution in [2.45, 2.75) is 25.7 Å². The molecular weight excluding hydrogens is 298 g/mol. The number of amides is 1. The van der Waals surface area contributed by atoms with Crippen LogP contribution in [0.5, 0.6) is 11.5 Å². The molecular formula is C17H23NO5. The summed E-state index contributed by atoms with van der Waals surface area (Å²) in [7, 11) is 3.10. The van der Waals surface area contributed by atoms with E-state index in [4.69, 9.17) is 14.6 Å². The fourth-order valence-electron chi connectivity index (χ4n) is 2.90. The third-order valence-corrected chi connectivity index (χ3v) is 4.37. The van der Waals surface area contributed by atoms with E-state index in [9.17, 15) is 9.59 Å². The van der Waals surface area contributed by atoms with Crippen molar-refractivity contribution in [3.05, 3.63) is 23.8 Å². The van der Waals surface area contributed by atoms with Crippen LogP contribution in [0.1, 0.15) is 36.0 Å². The van der Waals surface area contributed by atoms with Gasteiger partial charge in [-0.25, -0.2) is 4.79 Å². The molecule has 1 aliphatic rings. The van der Waals surface area contributed by atoms with Crippen LogP contribution in [0.25, 0.3) is 0 Å². The van der Waals surface area contributed by atoms with E-state index in [-0.39, 0.29) is 5.78 Å². The zero-order valence-electron chi connectivity index (χ0n) is 13.6.